The molecule has 0 spiro atoms. The van der Waals surface area contributed by atoms with Crippen molar-refractivity contribution in [3.63, 3.8) is 0 Å². The number of hydrogen-bond acceptors (Lipinski definition) is 3. The summed E-state index contributed by atoms with van der Waals surface area (Å²) in [6, 6.07) is 0. The van der Waals surface area contributed by atoms with Crippen molar-refractivity contribution in [1.29, 1.82) is 0 Å². The molecule has 1 heterocycles. The third kappa shape index (κ3) is 2.03. The van der Waals surface area contributed by atoms with Gasteiger partial charge in [0.05, 0.1) is 19.0 Å². The van der Waals surface area contributed by atoms with E-state index in [4.69, 9.17) is 0 Å². The smallest absolute Gasteiger partial charge is 0.341 e. The average Bonchev–Trinajstić information content (AvgIpc) is 2.60. The fourth-order valence-corrected chi connectivity index (χ4v) is 1.32. The first-order valence-corrected chi connectivity index (χ1v) is 5.04. The largest absolute Gasteiger partial charge is 0.465 e. The lowest BCUT2D eigenvalue weighted by atomic mass is 10.2. The van der Waals surface area contributed by atoms with Crippen molar-refractivity contribution in [2.45, 2.75) is 0 Å². The third-order valence-corrected chi connectivity index (χ3v) is 1.95. The highest BCUT2D eigenvalue weighted by Crippen LogP contribution is 2.12. The molecule has 1 aromatic rings. The maximum Gasteiger partial charge on any atom is 0.341 e. The molecule has 0 aliphatic heterocycles. The first-order chi connectivity index (χ1) is 6.74. The summed E-state index contributed by atoms with van der Waals surface area (Å²) in [5.41, 5.74) is 1.04. The zero-order chi connectivity index (χ0) is 10.6. The van der Waals surface area contributed by atoms with Crippen LogP contribution < -0.4 is 0 Å². The number of ether oxygens (including phenoxy) is 1. The van der Waals surface area contributed by atoms with E-state index in [1.54, 1.807) is 21.0 Å². The summed E-state index contributed by atoms with van der Waals surface area (Å²) in [6.45, 7) is 3.62. The summed E-state index contributed by atoms with van der Waals surface area (Å²) in [5.74, 6) is -0.409. The molecule has 0 amide bonds. The van der Waals surface area contributed by atoms with E-state index < -0.39 is 5.97 Å². The van der Waals surface area contributed by atoms with Crippen LogP contribution in [-0.4, -0.2) is 22.9 Å². The maximum absolute atomic E-state index is 11.3. The van der Waals surface area contributed by atoms with Gasteiger partial charge in [-0.3, -0.25) is 0 Å². The summed E-state index contributed by atoms with van der Waals surface area (Å²) in [5, 5.41) is 4.00. The minimum atomic E-state index is -0.409. The number of carbonyl (C=O) groups is 1. The van der Waals surface area contributed by atoms with Crippen LogP contribution in [0.1, 0.15) is 16.1 Å². The molecule has 0 radical (unpaired) electrons. The summed E-state index contributed by atoms with van der Waals surface area (Å²) in [4.78, 5) is 11.3. The highest BCUT2D eigenvalue weighted by Gasteiger charge is 2.14. The standard InChI is InChI=1S/C9H9IN2O2/c1-3-8-7(9(13)14-2)6-11-12(8)5-4-10/h3-6H,1H2,2H3/b5-4-. The van der Waals surface area contributed by atoms with E-state index >= 15 is 0 Å². The molecule has 0 unspecified atom stereocenters. The number of nitrogens with zero attached hydrogens (tertiary/aromatic N) is 2. The molecule has 0 N–H and O–H groups in total. The van der Waals surface area contributed by atoms with Gasteiger partial charge in [0.1, 0.15) is 5.56 Å². The second-order valence-electron chi connectivity index (χ2n) is 2.36. The van der Waals surface area contributed by atoms with E-state index in [2.05, 4.69) is 39.0 Å². The van der Waals surface area contributed by atoms with Crippen molar-refractivity contribution in [2.75, 3.05) is 7.11 Å². The number of rotatable bonds is 3. The number of methoxy groups -OCH3 is 1. The number of halogens is 1. The van der Waals surface area contributed by atoms with Gasteiger partial charge in [-0.05, 0) is 10.2 Å². The molecule has 74 valence electrons. The molecule has 0 fully saturated rings. The second-order valence-corrected chi connectivity index (χ2v) is 3.08. The summed E-state index contributed by atoms with van der Waals surface area (Å²) in [6.07, 6.45) is 4.75. The minimum absolute atomic E-state index is 0.409. The Morgan fingerprint density at radius 3 is 3.00 bits per heavy atom. The van der Waals surface area contributed by atoms with Gasteiger partial charge in [-0.25, -0.2) is 9.48 Å². The van der Waals surface area contributed by atoms with Crippen LogP contribution in [0.25, 0.3) is 12.3 Å². The number of carbonyl (C=O) groups excluding carboxylic acids is 1. The Morgan fingerprint density at radius 2 is 2.50 bits per heavy atom. The van der Waals surface area contributed by atoms with Crippen molar-refractivity contribution in [2.24, 2.45) is 0 Å². The Morgan fingerprint density at radius 1 is 1.79 bits per heavy atom. The zero-order valence-corrected chi connectivity index (χ0v) is 9.76. The van der Waals surface area contributed by atoms with Crippen molar-refractivity contribution < 1.29 is 9.53 Å². The van der Waals surface area contributed by atoms with Crippen LogP contribution in [-0.2, 0) is 4.74 Å². The normalized spacial score (nSPS) is 10.4. The Balaban J connectivity index is 3.19. The molecule has 4 nitrogen and oxygen atoms in total. The van der Waals surface area contributed by atoms with Gasteiger partial charge in [-0.1, -0.05) is 29.2 Å². The van der Waals surface area contributed by atoms with E-state index in [9.17, 15) is 4.79 Å². The lowest BCUT2D eigenvalue weighted by Crippen LogP contribution is -2.02. The quantitative estimate of drug-likeness (QED) is 0.635. The monoisotopic (exact) mass is 304 g/mol. The molecule has 0 bridgehead atoms. The molecule has 0 atom stereocenters. The van der Waals surface area contributed by atoms with Crippen LogP contribution in [0.15, 0.2) is 16.9 Å². The van der Waals surface area contributed by atoms with E-state index in [0.29, 0.717) is 11.3 Å². The fourth-order valence-electron chi connectivity index (χ4n) is 1.01. The molecule has 0 saturated carbocycles. The molecule has 14 heavy (non-hydrogen) atoms. The van der Waals surface area contributed by atoms with Crippen LogP contribution in [0.2, 0.25) is 0 Å². The number of aromatic nitrogens is 2. The van der Waals surface area contributed by atoms with Gasteiger partial charge in [0.25, 0.3) is 0 Å². The summed E-state index contributed by atoms with van der Waals surface area (Å²) in [7, 11) is 1.33. The topological polar surface area (TPSA) is 44.1 Å². The Hall–Kier alpha value is -1.11. The molecule has 0 aromatic carbocycles. The van der Waals surface area contributed by atoms with Crippen molar-refractivity contribution in [1.82, 2.24) is 9.78 Å². The zero-order valence-electron chi connectivity index (χ0n) is 7.61. The fraction of sp³-hybridized carbons (Fsp3) is 0.111. The Labute approximate surface area is 95.4 Å². The molecule has 1 rings (SSSR count). The molecule has 1 aromatic heterocycles. The second kappa shape index (κ2) is 4.94. The Kier molecular flexibility index (Phi) is 3.87. The van der Waals surface area contributed by atoms with Crippen LogP contribution in [0.5, 0.6) is 0 Å². The van der Waals surface area contributed by atoms with Crippen LogP contribution in [0, 0.1) is 0 Å². The predicted molar refractivity (Wildman–Crippen MR) is 63.0 cm³/mol. The van der Waals surface area contributed by atoms with Gasteiger partial charge < -0.3 is 4.74 Å². The lowest BCUT2D eigenvalue weighted by molar-refractivity contribution is 0.0600. The van der Waals surface area contributed by atoms with Gasteiger partial charge in [0.2, 0.25) is 0 Å². The molecule has 0 aliphatic carbocycles. The molecule has 0 aliphatic rings. The van der Waals surface area contributed by atoms with E-state index in [0.717, 1.165) is 0 Å². The number of esters is 1. The highest BCUT2D eigenvalue weighted by molar-refractivity contribution is 14.1. The first kappa shape index (κ1) is 11.0. The predicted octanol–water partition coefficient (Wildman–Crippen LogP) is 2.18. The van der Waals surface area contributed by atoms with Gasteiger partial charge in [0, 0.05) is 6.20 Å². The first-order valence-electron chi connectivity index (χ1n) is 3.79. The van der Waals surface area contributed by atoms with Gasteiger partial charge in [-0.2, -0.15) is 5.10 Å². The van der Waals surface area contributed by atoms with E-state index in [1.165, 1.54) is 13.3 Å². The summed E-state index contributed by atoms with van der Waals surface area (Å²) < 4.78 is 7.96. The van der Waals surface area contributed by atoms with Crippen LogP contribution >= 0.6 is 22.6 Å². The van der Waals surface area contributed by atoms with Crippen molar-refractivity contribution in [3.8, 4) is 0 Å². The molecule has 0 saturated heterocycles. The Bertz CT molecular complexity index is 382. The van der Waals surface area contributed by atoms with Crippen molar-refractivity contribution >= 4 is 40.8 Å². The molecular formula is C9H9IN2O2. The van der Waals surface area contributed by atoms with Crippen molar-refractivity contribution in [3.05, 3.63) is 28.1 Å². The number of hydrogen-bond donors (Lipinski definition) is 0. The molecule has 5 heteroatoms. The maximum atomic E-state index is 11.3. The van der Waals surface area contributed by atoms with E-state index in [1.807, 2.05) is 0 Å². The van der Waals surface area contributed by atoms with Crippen LogP contribution in [0.3, 0.4) is 0 Å². The molecular weight excluding hydrogens is 295 g/mol. The average molecular weight is 304 g/mol. The van der Waals surface area contributed by atoms with Gasteiger partial charge in [0.15, 0.2) is 0 Å². The van der Waals surface area contributed by atoms with Crippen LogP contribution in [0.4, 0.5) is 0 Å². The summed E-state index contributed by atoms with van der Waals surface area (Å²) >= 11 is 2.07. The SMILES string of the molecule is C=Cc1c(C(=O)OC)cnn1/C=C\I. The minimum Gasteiger partial charge on any atom is -0.465 e. The lowest BCUT2D eigenvalue weighted by Gasteiger charge is -1.98. The van der Waals surface area contributed by atoms with E-state index in [-0.39, 0.29) is 0 Å². The van der Waals surface area contributed by atoms with Gasteiger partial charge >= 0.3 is 5.97 Å². The van der Waals surface area contributed by atoms with Gasteiger partial charge in [-0.15, -0.1) is 0 Å². The highest BCUT2D eigenvalue weighted by atomic mass is 127. The third-order valence-electron chi connectivity index (χ3n) is 1.63.